The van der Waals surface area contributed by atoms with Gasteiger partial charge in [0.1, 0.15) is 10.3 Å². The van der Waals surface area contributed by atoms with Crippen LogP contribution >= 0.6 is 11.3 Å². The average molecular weight is 509 g/mol. The smallest absolute Gasteiger partial charge is 0.250 e. The van der Waals surface area contributed by atoms with Gasteiger partial charge in [0, 0.05) is 28.7 Å². The SMILES string of the molecule is CC(C)(C)c1ccc(-c2ccc(S(=O)(=O)N[C@H]3CCN(Cc4cc5ccncc5[nH]4)C3=O)s2)cc1. The zero-order chi connectivity index (χ0) is 24.8. The van der Waals surface area contributed by atoms with Gasteiger partial charge in [0.15, 0.2) is 0 Å². The summed E-state index contributed by atoms with van der Waals surface area (Å²) in [6, 6.07) is 14.8. The Labute approximate surface area is 209 Å². The predicted molar refractivity (Wildman–Crippen MR) is 139 cm³/mol. The van der Waals surface area contributed by atoms with Gasteiger partial charge in [0.25, 0.3) is 10.0 Å². The Hall–Kier alpha value is -3.01. The fraction of sp³-hybridized carbons (Fsp3) is 0.308. The molecule has 0 aliphatic carbocycles. The van der Waals surface area contributed by atoms with Crippen LogP contribution in [0.15, 0.2) is 65.1 Å². The van der Waals surface area contributed by atoms with E-state index < -0.39 is 16.1 Å². The van der Waals surface area contributed by atoms with E-state index in [2.05, 4.69) is 47.6 Å². The summed E-state index contributed by atoms with van der Waals surface area (Å²) >= 11 is 1.21. The minimum Gasteiger partial charge on any atom is -0.356 e. The number of nitrogens with zero attached hydrogens (tertiary/aromatic N) is 2. The van der Waals surface area contributed by atoms with Gasteiger partial charge in [0.05, 0.1) is 18.3 Å². The molecule has 0 unspecified atom stereocenters. The lowest BCUT2D eigenvalue weighted by atomic mass is 9.86. The molecule has 0 bridgehead atoms. The van der Waals surface area contributed by atoms with E-state index in [0.717, 1.165) is 27.0 Å². The predicted octanol–water partition coefficient (Wildman–Crippen LogP) is 4.67. The van der Waals surface area contributed by atoms with Crippen molar-refractivity contribution in [2.75, 3.05) is 6.54 Å². The van der Waals surface area contributed by atoms with Crippen molar-refractivity contribution in [2.24, 2.45) is 0 Å². The van der Waals surface area contributed by atoms with Crippen molar-refractivity contribution >= 4 is 38.2 Å². The Kier molecular flexibility index (Phi) is 6.03. The highest BCUT2D eigenvalue weighted by molar-refractivity contribution is 7.91. The summed E-state index contributed by atoms with van der Waals surface area (Å²) in [5, 5.41) is 1.03. The second kappa shape index (κ2) is 8.89. The van der Waals surface area contributed by atoms with E-state index in [1.54, 1.807) is 23.4 Å². The molecule has 1 atom stereocenters. The molecule has 5 rings (SSSR count). The number of sulfonamides is 1. The third kappa shape index (κ3) is 4.89. The van der Waals surface area contributed by atoms with Crippen LogP contribution in [0.3, 0.4) is 0 Å². The third-order valence-corrected chi connectivity index (χ3v) is 9.42. The largest absolute Gasteiger partial charge is 0.356 e. The van der Waals surface area contributed by atoms with Crippen LogP contribution < -0.4 is 4.72 Å². The lowest BCUT2D eigenvalue weighted by molar-refractivity contribution is -0.129. The van der Waals surface area contributed by atoms with E-state index in [-0.39, 0.29) is 15.5 Å². The van der Waals surface area contributed by atoms with Crippen molar-refractivity contribution in [3.05, 3.63) is 72.2 Å². The number of benzene rings is 1. The van der Waals surface area contributed by atoms with Crippen LogP contribution in [0.4, 0.5) is 0 Å². The lowest BCUT2D eigenvalue weighted by Crippen LogP contribution is -2.41. The van der Waals surface area contributed by atoms with Gasteiger partial charge < -0.3 is 9.88 Å². The molecule has 4 aromatic rings. The number of amides is 1. The summed E-state index contributed by atoms with van der Waals surface area (Å²) < 4.78 is 29.0. The quantitative estimate of drug-likeness (QED) is 0.396. The topological polar surface area (TPSA) is 95.2 Å². The number of nitrogens with one attached hydrogen (secondary N) is 2. The fourth-order valence-electron chi connectivity index (χ4n) is 4.33. The Morgan fingerprint density at radius 3 is 2.63 bits per heavy atom. The second-order valence-corrected chi connectivity index (χ2v) is 13.0. The van der Waals surface area contributed by atoms with E-state index >= 15 is 0 Å². The Bertz CT molecular complexity index is 1450. The summed E-state index contributed by atoms with van der Waals surface area (Å²) in [6.45, 7) is 7.38. The molecular formula is C26H28N4O3S2. The highest BCUT2D eigenvalue weighted by Gasteiger charge is 2.35. The Morgan fingerprint density at radius 2 is 1.91 bits per heavy atom. The highest BCUT2D eigenvalue weighted by atomic mass is 32.2. The first-order valence-electron chi connectivity index (χ1n) is 11.5. The number of rotatable bonds is 6. The standard InChI is InChI=1S/C26H28N4O3S2/c1-26(2,3)19-6-4-17(5-7-19)23-8-9-24(34-23)35(32,33)29-21-11-13-30(25(21)31)16-20-14-18-10-12-27-15-22(18)28-20/h4-10,12,14-15,21,28-29H,11,13,16H2,1-3H3/t21-/m0/s1. The number of carbonyl (C=O) groups is 1. The van der Waals surface area contributed by atoms with E-state index in [1.807, 2.05) is 30.3 Å². The van der Waals surface area contributed by atoms with Crippen LogP contribution in [-0.2, 0) is 26.8 Å². The van der Waals surface area contributed by atoms with Crippen LogP contribution in [0, 0.1) is 0 Å². The first-order chi connectivity index (χ1) is 16.6. The van der Waals surface area contributed by atoms with Crippen LogP contribution in [0.1, 0.15) is 38.4 Å². The number of fused-ring (bicyclic) bond motifs is 1. The first kappa shape index (κ1) is 23.7. The van der Waals surface area contributed by atoms with Gasteiger partial charge in [-0.05, 0) is 47.2 Å². The summed E-state index contributed by atoms with van der Waals surface area (Å²) in [5.41, 5.74) is 4.06. The number of carbonyl (C=O) groups excluding carboxylic acids is 1. The maximum Gasteiger partial charge on any atom is 0.250 e. The minimum absolute atomic E-state index is 0.0552. The second-order valence-electron chi connectivity index (χ2n) is 9.93. The van der Waals surface area contributed by atoms with Crippen LogP contribution in [0.25, 0.3) is 21.3 Å². The molecular weight excluding hydrogens is 480 g/mol. The minimum atomic E-state index is -3.81. The van der Waals surface area contributed by atoms with E-state index in [9.17, 15) is 13.2 Å². The molecule has 1 saturated heterocycles. The van der Waals surface area contributed by atoms with Crippen molar-refractivity contribution in [3.63, 3.8) is 0 Å². The molecule has 4 heterocycles. The number of aromatic nitrogens is 2. The molecule has 7 nitrogen and oxygen atoms in total. The summed E-state index contributed by atoms with van der Waals surface area (Å²) in [6.07, 6.45) is 3.91. The van der Waals surface area contributed by atoms with Crippen molar-refractivity contribution < 1.29 is 13.2 Å². The fourth-order valence-corrected chi connectivity index (χ4v) is 6.88. The van der Waals surface area contributed by atoms with Gasteiger partial charge in [-0.2, -0.15) is 4.72 Å². The lowest BCUT2D eigenvalue weighted by Gasteiger charge is -2.19. The van der Waals surface area contributed by atoms with Gasteiger partial charge in [-0.3, -0.25) is 9.78 Å². The van der Waals surface area contributed by atoms with Crippen LogP contribution in [0.2, 0.25) is 0 Å². The molecule has 1 aromatic carbocycles. The zero-order valence-electron chi connectivity index (χ0n) is 19.9. The molecule has 1 aliphatic rings. The van der Waals surface area contributed by atoms with Crippen LogP contribution in [0.5, 0.6) is 0 Å². The first-order valence-corrected chi connectivity index (χ1v) is 13.8. The monoisotopic (exact) mass is 508 g/mol. The van der Waals surface area contributed by atoms with Gasteiger partial charge in [-0.1, -0.05) is 45.0 Å². The molecule has 35 heavy (non-hydrogen) atoms. The molecule has 1 amide bonds. The maximum absolute atomic E-state index is 13.1. The van der Waals surface area contributed by atoms with Gasteiger partial charge in [-0.25, -0.2) is 8.42 Å². The highest BCUT2D eigenvalue weighted by Crippen LogP contribution is 2.33. The van der Waals surface area contributed by atoms with Crippen molar-refractivity contribution in [3.8, 4) is 10.4 Å². The molecule has 9 heteroatoms. The van der Waals surface area contributed by atoms with Crippen LogP contribution in [-0.4, -0.2) is 41.8 Å². The molecule has 1 aliphatic heterocycles. The summed E-state index contributed by atoms with van der Waals surface area (Å²) in [7, 11) is -3.81. The maximum atomic E-state index is 13.1. The number of H-pyrrole nitrogens is 1. The van der Waals surface area contributed by atoms with Gasteiger partial charge >= 0.3 is 0 Å². The van der Waals surface area contributed by atoms with Crippen molar-refractivity contribution in [1.82, 2.24) is 19.6 Å². The number of thiophene rings is 1. The van der Waals surface area contributed by atoms with Gasteiger partial charge in [-0.15, -0.1) is 11.3 Å². The number of likely N-dealkylation sites (tertiary alicyclic amines) is 1. The molecule has 2 N–H and O–H groups in total. The van der Waals surface area contributed by atoms with E-state index in [4.69, 9.17) is 0 Å². The zero-order valence-corrected chi connectivity index (χ0v) is 21.5. The van der Waals surface area contributed by atoms with Gasteiger partial charge in [0.2, 0.25) is 5.91 Å². The number of hydrogen-bond donors (Lipinski definition) is 2. The molecule has 3 aromatic heterocycles. The van der Waals surface area contributed by atoms with Crippen molar-refractivity contribution in [1.29, 1.82) is 0 Å². The molecule has 0 radical (unpaired) electrons. The third-order valence-electron chi connectivity index (χ3n) is 6.32. The molecule has 0 saturated carbocycles. The molecule has 1 fully saturated rings. The van der Waals surface area contributed by atoms with Crippen molar-refractivity contribution in [2.45, 2.75) is 49.4 Å². The number of hydrogen-bond acceptors (Lipinski definition) is 5. The Balaban J connectivity index is 1.26. The summed E-state index contributed by atoms with van der Waals surface area (Å²) in [4.78, 5) is 22.9. The normalized spacial score (nSPS) is 16.9. The van der Waals surface area contributed by atoms with E-state index in [1.165, 1.54) is 16.9 Å². The molecule has 182 valence electrons. The van der Waals surface area contributed by atoms with E-state index in [0.29, 0.717) is 19.5 Å². The number of aromatic amines is 1. The Morgan fingerprint density at radius 1 is 1.14 bits per heavy atom. The summed E-state index contributed by atoms with van der Waals surface area (Å²) in [5.74, 6) is -0.208. The average Bonchev–Trinajstić information content (AvgIpc) is 3.54. The molecule has 0 spiro atoms. The number of pyridine rings is 1.